The summed E-state index contributed by atoms with van der Waals surface area (Å²) in [5.41, 5.74) is 0. The second kappa shape index (κ2) is 10.4. The van der Waals surface area contributed by atoms with Gasteiger partial charge in [0.25, 0.3) is 0 Å². The molecule has 0 aliphatic carbocycles. The third-order valence-corrected chi connectivity index (χ3v) is 3.09. The van der Waals surface area contributed by atoms with Crippen molar-refractivity contribution in [1.82, 2.24) is 5.32 Å². The van der Waals surface area contributed by atoms with Gasteiger partial charge in [-0.2, -0.15) is 0 Å². The van der Waals surface area contributed by atoms with Gasteiger partial charge in [0.1, 0.15) is 0 Å². The molecule has 3 heteroatoms. The van der Waals surface area contributed by atoms with Gasteiger partial charge in [0, 0.05) is 32.3 Å². The number of carbonyl (C=O) groups is 1. The minimum Gasteiger partial charge on any atom is -0.381 e. The van der Waals surface area contributed by atoms with Crippen LogP contribution in [0.5, 0.6) is 0 Å². The van der Waals surface area contributed by atoms with Gasteiger partial charge in [-0.3, -0.25) is 4.79 Å². The van der Waals surface area contributed by atoms with Crippen LogP contribution in [0.4, 0.5) is 0 Å². The van der Waals surface area contributed by atoms with E-state index in [1.54, 1.807) is 12.2 Å². The Labute approximate surface area is 116 Å². The van der Waals surface area contributed by atoms with Crippen molar-refractivity contribution in [3.63, 3.8) is 0 Å². The van der Waals surface area contributed by atoms with E-state index in [-0.39, 0.29) is 5.91 Å². The first kappa shape index (κ1) is 15.5. The van der Waals surface area contributed by atoms with Crippen LogP contribution in [0.2, 0.25) is 0 Å². The van der Waals surface area contributed by atoms with Crippen LogP contribution in [-0.4, -0.2) is 25.7 Å². The van der Waals surface area contributed by atoms with Crippen molar-refractivity contribution in [2.24, 2.45) is 5.92 Å². The van der Waals surface area contributed by atoms with Crippen LogP contribution in [-0.2, 0) is 9.53 Å². The van der Waals surface area contributed by atoms with Gasteiger partial charge >= 0.3 is 0 Å². The van der Waals surface area contributed by atoms with Gasteiger partial charge in [-0.1, -0.05) is 18.2 Å². The normalized spacial score (nSPS) is 16.8. The highest BCUT2D eigenvalue weighted by Gasteiger charge is 2.13. The van der Waals surface area contributed by atoms with E-state index in [9.17, 15) is 4.79 Å². The highest BCUT2D eigenvalue weighted by atomic mass is 16.5. The molecular formula is C16H23NO2. The number of ether oxygens (including phenoxy) is 1. The fourth-order valence-corrected chi connectivity index (χ4v) is 1.89. The zero-order valence-corrected chi connectivity index (χ0v) is 11.4. The van der Waals surface area contributed by atoms with Gasteiger partial charge in [0.05, 0.1) is 0 Å². The number of amides is 1. The lowest BCUT2D eigenvalue weighted by Gasteiger charge is -2.21. The Hall–Kier alpha value is -1.53. The molecule has 0 radical (unpaired) electrons. The summed E-state index contributed by atoms with van der Waals surface area (Å²) in [5, 5.41) is 2.92. The fraction of sp³-hybridized carbons (Fsp3) is 0.562. The Morgan fingerprint density at radius 2 is 2.16 bits per heavy atom. The van der Waals surface area contributed by atoms with Crippen molar-refractivity contribution in [1.29, 1.82) is 0 Å². The lowest BCUT2D eigenvalue weighted by atomic mass is 10.0. The highest BCUT2D eigenvalue weighted by Crippen LogP contribution is 2.12. The summed E-state index contributed by atoms with van der Waals surface area (Å²) in [5.74, 6) is 3.13. The predicted molar refractivity (Wildman–Crippen MR) is 77.5 cm³/mol. The summed E-state index contributed by atoms with van der Waals surface area (Å²) >= 11 is 0. The van der Waals surface area contributed by atoms with Crippen molar-refractivity contribution < 1.29 is 9.53 Å². The Morgan fingerprint density at radius 3 is 2.89 bits per heavy atom. The fourth-order valence-electron chi connectivity index (χ4n) is 1.89. The number of hydrogen-bond donors (Lipinski definition) is 1. The summed E-state index contributed by atoms with van der Waals surface area (Å²) < 4.78 is 5.28. The number of rotatable bonds is 7. The van der Waals surface area contributed by atoms with Crippen molar-refractivity contribution >= 4 is 5.91 Å². The topological polar surface area (TPSA) is 38.3 Å². The van der Waals surface area contributed by atoms with Crippen LogP contribution >= 0.6 is 0 Å². The molecule has 0 atom stereocenters. The second-order valence-corrected chi connectivity index (χ2v) is 4.68. The monoisotopic (exact) mass is 261 g/mol. The van der Waals surface area contributed by atoms with Crippen LogP contribution in [0.1, 0.15) is 32.1 Å². The van der Waals surface area contributed by atoms with E-state index in [0.29, 0.717) is 5.92 Å². The molecule has 0 saturated carbocycles. The third-order valence-electron chi connectivity index (χ3n) is 3.09. The lowest BCUT2D eigenvalue weighted by molar-refractivity contribution is -0.116. The Morgan fingerprint density at radius 1 is 1.37 bits per heavy atom. The number of allylic oxidation sites excluding steroid dienone is 3. The highest BCUT2D eigenvalue weighted by molar-refractivity contribution is 5.87. The van der Waals surface area contributed by atoms with E-state index in [2.05, 4.69) is 11.2 Å². The van der Waals surface area contributed by atoms with E-state index in [0.717, 1.165) is 51.9 Å². The summed E-state index contributed by atoms with van der Waals surface area (Å²) in [4.78, 5) is 11.5. The zero-order chi connectivity index (χ0) is 13.8. The molecule has 1 heterocycles. The van der Waals surface area contributed by atoms with E-state index < -0.39 is 0 Å². The lowest BCUT2D eigenvalue weighted by Crippen LogP contribution is -2.31. The molecule has 1 aliphatic heterocycles. The van der Waals surface area contributed by atoms with Gasteiger partial charge in [-0.15, -0.1) is 12.3 Å². The molecule has 0 unspecified atom stereocenters. The largest absolute Gasteiger partial charge is 0.381 e. The number of unbranched alkanes of at least 4 members (excludes halogenated alkanes) is 2. The Balaban J connectivity index is 2.07. The molecule has 0 spiro atoms. The first-order valence-electron chi connectivity index (χ1n) is 6.95. The SMILES string of the molecule is C#CCCC/C=C/C=C/C(=O)NCC1CCOCC1. The molecular weight excluding hydrogens is 238 g/mol. The number of terminal acetylenes is 1. The number of hydrogen-bond acceptors (Lipinski definition) is 2. The molecule has 1 aliphatic rings. The molecule has 0 aromatic carbocycles. The van der Waals surface area contributed by atoms with Crippen LogP contribution in [0.3, 0.4) is 0 Å². The molecule has 1 amide bonds. The third kappa shape index (κ3) is 8.23. The van der Waals surface area contributed by atoms with Crippen LogP contribution in [0.15, 0.2) is 24.3 Å². The van der Waals surface area contributed by atoms with Crippen LogP contribution in [0, 0.1) is 18.3 Å². The van der Waals surface area contributed by atoms with Crippen molar-refractivity contribution in [3.8, 4) is 12.3 Å². The Kier molecular flexibility index (Phi) is 8.50. The average Bonchev–Trinajstić information content (AvgIpc) is 2.45. The van der Waals surface area contributed by atoms with Crippen molar-refractivity contribution in [2.45, 2.75) is 32.1 Å². The molecule has 0 bridgehead atoms. The van der Waals surface area contributed by atoms with E-state index in [4.69, 9.17) is 11.2 Å². The first-order valence-corrected chi connectivity index (χ1v) is 6.95. The molecule has 1 saturated heterocycles. The minimum absolute atomic E-state index is 0.0280. The maximum absolute atomic E-state index is 11.5. The van der Waals surface area contributed by atoms with Crippen molar-refractivity contribution in [3.05, 3.63) is 24.3 Å². The molecule has 3 nitrogen and oxygen atoms in total. The predicted octanol–water partition coefficient (Wildman–Crippen LogP) is 2.45. The summed E-state index contributed by atoms with van der Waals surface area (Å²) in [6.45, 7) is 2.38. The Bertz CT molecular complexity index is 346. The van der Waals surface area contributed by atoms with E-state index >= 15 is 0 Å². The average molecular weight is 261 g/mol. The molecule has 104 valence electrons. The first-order chi connectivity index (χ1) is 9.33. The maximum Gasteiger partial charge on any atom is 0.243 e. The maximum atomic E-state index is 11.5. The summed E-state index contributed by atoms with van der Waals surface area (Å²) in [6, 6.07) is 0. The summed E-state index contributed by atoms with van der Waals surface area (Å²) in [6.07, 6.45) is 17.3. The van der Waals surface area contributed by atoms with Gasteiger partial charge in [0.2, 0.25) is 5.91 Å². The number of carbonyl (C=O) groups excluding carboxylic acids is 1. The van der Waals surface area contributed by atoms with E-state index in [1.165, 1.54) is 0 Å². The standard InChI is InChI=1S/C16H23NO2/c1-2-3-4-5-6-7-8-9-16(18)17-14-15-10-12-19-13-11-15/h1,6-9,15H,3-5,10-14H2,(H,17,18)/b7-6+,9-8+. The molecule has 0 aromatic heterocycles. The van der Waals surface area contributed by atoms with Gasteiger partial charge < -0.3 is 10.1 Å². The molecule has 19 heavy (non-hydrogen) atoms. The molecule has 1 fully saturated rings. The zero-order valence-electron chi connectivity index (χ0n) is 11.4. The van der Waals surface area contributed by atoms with Gasteiger partial charge in [-0.25, -0.2) is 0 Å². The molecule has 1 N–H and O–H groups in total. The smallest absolute Gasteiger partial charge is 0.243 e. The van der Waals surface area contributed by atoms with Gasteiger partial charge in [0.15, 0.2) is 0 Å². The molecule has 1 rings (SSSR count). The van der Waals surface area contributed by atoms with Gasteiger partial charge in [-0.05, 0) is 31.6 Å². The van der Waals surface area contributed by atoms with Crippen LogP contribution < -0.4 is 5.32 Å². The van der Waals surface area contributed by atoms with Crippen LogP contribution in [0.25, 0.3) is 0 Å². The number of nitrogens with one attached hydrogen (secondary N) is 1. The minimum atomic E-state index is -0.0280. The molecule has 0 aromatic rings. The summed E-state index contributed by atoms with van der Waals surface area (Å²) in [7, 11) is 0. The van der Waals surface area contributed by atoms with Crippen molar-refractivity contribution in [2.75, 3.05) is 19.8 Å². The van der Waals surface area contributed by atoms with E-state index in [1.807, 2.05) is 12.2 Å². The quantitative estimate of drug-likeness (QED) is 0.331. The second-order valence-electron chi connectivity index (χ2n) is 4.68.